The van der Waals surface area contributed by atoms with Gasteiger partial charge < -0.3 is 14.2 Å². The van der Waals surface area contributed by atoms with Gasteiger partial charge in [0.2, 0.25) is 0 Å². The summed E-state index contributed by atoms with van der Waals surface area (Å²) in [7, 11) is 3.91. The minimum absolute atomic E-state index is 0.247. The van der Waals surface area contributed by atoms with Crippen LogP contribution in [-0.4, -0.2) is 25.6 Å². The highest BCUT2D eigenvalue weighted by atomic mass is 79.9. The second kappa shape index (κ2) is 11.8. The number of methoxy groups -OCH3 is 1. The van der Waals surface area contributed by atoms with E-state index in [1.54, 1.807) is 7.11 Å². The van der Waals surface area contributed by atoms with Gasteiger partial charge in [0.15, 0.2) is 11.5 Å². The zero-order valence-electron chi connectivity index (χ0n) is 21.3. The lowest BCUT2D eigenvalue weighted by atomic mass is 9.88. The molecule has 0 amide bonds. The first kappa shape index (κ1) is 25.4. The van der Waals surface area contributed by atoms with Crippen molar-refractivity contribution >= 4 is 15.9 Å². The van der Waals surface area contributed by atoms with Crippen molar-refractivity contribution in [3.63, 3.8) is 0 Å². The maximum absolute atomic E-state index is 6.24. The highest BCUT2D eigenvalue weighted by molar-refractivity contribution is 9.10. The van der Waals surface area contributed by atoms with Crippen molar-refractivity contribution in [2.24, 2.45) is 0 Å². The average Bonchev–Trinajstić information content (AvgIpc) is 2.93. The van der Waals surface area contributed by atoms with Gasteiger partial charge in [-0.05, 0) is 87.9 Å². The fourth-order valence-corrected chi connectivity index (χ4v) is 5.40. The van der Waals surface area contributed by atoms with Gasteiger partial charge in [-0.25, -0.2) is 0 Å². The van der Waals surface area contributed by atoms with Crippen molar-refractivity contribution in [1.29, 1.82) is 0 Å². The molecule has 4 aromatic rings. The lowest BCUT2D eigenvalue weighted by molar-refractivity contribution is 0.226. The summed E-state index contributed by atoms with van der Waals surface area (Å²) in [5.74, 6) is 2.43. The Bertz CT molecular complexity index is 1330. The van der Waals surface area contributed by atoms with Crippen molar-refractivity contribution in [2.45, 2.75) is 32.1 Å². The number of fused-ring (bicyclic) bond motifs is 1. The van der Waals surface area contributed by atoms with Gasteiger partial charge in [0.25, 0.3) is 0 Å². The van der Waals surface area contributed by atoms with E-state index in [1.165, 1.54) is 16.7 Å². The topological polar surface area (TPSA) is 30.9 Å². The van der Waals surface area contributed by atoms with E-state index < -0.39 is 0 Å². The van der Waals surface area contributed by atoms with Crippen LogP contribution >= 0.6 is 15.9 Å². The monoisotopic (exact) mass is 557 g/mol. The van der Waals surface area contributed by atoms with E-state index >= 15 is 0 Å². The van der Waals surface area contributed by atoms with E-state index in [4.69, 9.17) is 14.2 Å². The van der Waals surface area contributed by atoms with E-state index in [9.17, 15) is 0 Å². The standard InChI is InChI=1S/C32H32BrNO3/c1-34-16-15-26-19-31(35-2)32(37-22-24-11-7-4-8-12-24)20-27(26)29(34)18-25-13-14-30(28(33)17-25)36-21-23-9-5-3-6-10-23/h3-14,17,19-20,29H,15-16,18,21-22H2,1-2H3. The van der Waals surface area contributed by atoms with Crippen molar-refractivity contribution in [2.75, 3.05) is 20.7 Å². The largest absolute Gasteiger partial charge is 0.493 e. The summed E-state index contributed by atoms with van der Waals surface area (Å²) in [6.45, 7) is 2.06. The molecule has 1 atom stereocenters. The summed E-state index contributed by atoms with van der Waals surface area (Å²) < 4.78 is 19.0. The Morgan fingerprint density at radius 1 is 0.757 bits per heavy atom. The van der Waals surface area contributed by atoms with E-state index in [2.05, 4.69) is 82.5 Å². The molecular weight excluding hydrogens is 526 g/mol. The van der Waals surface area contributed by atoms with Crippen molar-refractivity contribution in [3.05, 3.63) is 123 Å². The molecule has 5 rings (SSSR count). The van der Waals surface area contributed by atoms with Crippen LogP contribution in [0.3, 0.4) is 0 Å². The molecule has 1 unspecified atom stereocenters. The van der Waals surface area contributed by atoms with Gasteiger partial charge in [-0.15, -0.1) is 0 Å². The van der Waals surface area contributed by atoms with E-state index in [-0.39, 0.29) is 6.04 Å². The molecule has 4 nitrogen and oxygen atoms in total. The summed E-state index contributed by atoms with van der Waals surface area (Å²) in [6.07, 6.45) is 1.89. The van der Waals surface area contributed by atoms with Crippen molar-refractivity contribution in [1.82, 2.24) is 4.90 Å². The Balaban J connectivity index is 1.34. The first-order chi connectivity index (χ1) is 18.1. The number of nitrogens with zero attached hydrogens (tertiary/aromatic N) is 1. The third-order valence-electron chi connectivity index (χ3n) is 6.95. The van der Waals surface area contributed by atoms with Gasteiger partial charge >= 0.3 is 0 Å². The third kappa shape index (κ3) is 6.17. The summed E-state index contributed by atoms with van der Waals surface area (Å²) >= 11 is 3.73. The number of likely N-dealkylation sites (N-methyl/N-ethyl adjacent to an activating group) is 1. The molecule has 1 heterocycles. The lowest BCUT2D eigenvalue weighted by Gasteiger charge is -2.35. The van der Waals surface area contributed by atoms with Gasteiger partial charge in [0.1, 0.15) is 19.0 Å². The maximum atomic E-state index is 6.24. The SMILES string of the molecule is COc1cc2c(cc1OCc1ccccc1)C(Cc1ccc(OCc3ccccc3)c(Br)c1)N(C)CC2. The van der Waals surface area contributed by atoms with Crippen LogP contribution in [0.25, 0.3) is 0 Å². The molecule has 1 aliphatic heterocycles. The number of benzene rings is 4. The second-order valence-electron chi connectivity index (χ2n) is 9.47. The van der Waals surface area contributed by atoms with Crippen LogP contribution in [0.15, 0.2) is 95.5 Å². The smallest absolute Gasteiger partial charge is 0.162 e. The number of ether oxygens (including phenoxy) is 3. The van der Waals surface area contributed by atoms with Crippen LogP contribution in [0.2, 0.25) is 0 Å². The van der Waals surface area contributed by atoms with Crippen LogP contribution in [0, 0.1) is 0 Å². The molecule has 0 aliphatic carbocycles. The number of rotatable bonds is 9. The van der Waals surface area contributed by atoms with Gasteiger partial charge in [-0.2, -0.15) is 0 Å². The zero-order chi connectivity index (χ0) is 25.6. The van der Waals surface area contributed by atoms with E-state index in [0.717, 1.165) is 52.2 Å². The molecule has 0 spiro atoms. The molecule has 0 saturated heterocycles. The quantitative estimate of drug-likeness (QED) is 0.214. The predicted molar refractivity (Wildman–Crippen MR) is 151 cm³/mol. The summed E-state index contributed by atoms with van der Waals surface area (Å²) in [4.78, 5) is 2.43. The fraction of sp³-hybridized carbons (Fsp3) is 0.250. The van der Waals surface area contributed by atoms with E-state index in [0.29, 0.717) is 13.2 Å². The molecule has 0 aromatic heterocycles. The molecule has 1 aliphatic rings. The molecule has 0 radical (unpaired) electrons. The van der Waals surface area contributed by atoms with Crippen LogP contribution in [0.4, 0.5) is 0 Å². The van der Waals surface area contributed by atoms with Crippen LogP contribution in [0.5, 0.6) is 17.2 Å². The minimum atomic E-state index is 0.247. The zero-order valence-corrected chi connectivity index (χ0v) is 22.9. The lowest BCUT2D eigenvalue weighted by Crippen LogP contribution is -2.33. The summed E-state index contributed by atoms with van der Waals surface area (Å²) in [5.41, 5.74) is 6.17. The fourth-order valence-electron chi connectivity index (χ4n) is 4.85. The van der Waals surface area contributed by atoms with Crippen LogP contribution in [-0.2, 0) is 26.1 Å². The van der Waals surface area contributed by atoms with Gasteiger partial charge in [0, 0.05) is 12.6 Å². The van der Waals surface area contributed by atoms with Crippen LogP contribution in [0.1, 0.15) is 33.9 Å². The molecule has 37 heavy (non-hydrogen) atoms. The number of halogens is 1. The Morgan fingerprint density at radius 3 is 2.03 bits per heavy atom. The van der Waals surface area contributed by atoms with Gasteiger partial charge in [-0.3, -0.25) is 4.90 Å². The Labute approximate surface area is 227 Å². The van der Waals surface area contributed by atoms with Crippen LogP contribution < -0.4 is 14.2 Å². The number of hydrogen-bond acceptors (Lipinski definition) is 4. The average molecular weight is 559 g/mol. The summed E-state index contributed by atoms with van der Waals surface area (Å²) in [6, 6.07) is 31.5. The van der Waals surface area contributed by atoms with E-state index in [1.807, 2.05) is 36.4 Å². The van der Waals surface area contributed by atoms with Gasteiger partial charge in [-0.1, -0.05) is 66.7 Å². The molecule has 0 N–H and O–H groups in total. The van der Waals surface area contributed by atoms with Gasteiger partial charge in [0.05, 0.1) is 11.6 Å². The molecule has 0 saturated carbocycles. The minimum Gasteiger partial charge on any atom is -0.493 e. The molecule has 190 valence electrons. The first-order valence-electron chi connectivity index (χ1n) is 12.6. The number of hydrogen-bond donors (Lipinski definition) is 0. The first-order valence-corrected chi connectivity index (χ1v) is 13.4. The second-order valence-corrected chi connectivity index (χ2v) is 10.3. The highest BCUT2D eigenvalue weighted by Gasteiger charge is 2.27. The molecule has 4 aromatic carbocycles. The molecular formula is C32H32BrNO3. The molecule has 0 bridgehead atoms. The summed E-state index contributed by atoms with van der Waals surface area (Å²) in [5, 5.41) is 0. The maximum Gasteiger partial charge on any atom is 0.162 e. The van der Waals surface area contributed by atoms with Crippen molar-refractivity contribution in [3.8, 4) is 17.2 Å². The highest BCUT2D eigenvalue weighted by Crippen LogP contribution is 2.40. The normalized spacial score (nSPS) is 15.2. The molecule has 5 heteroatoms. The predicted octanol–water partition coefficient (Wildman–Crippen LogP) is 7.39. The Morgan fingerprint density at radius 2 is 1.41 bits per heavy atom. The third-order valence-corrected chi connectivity index (χ3v) is 7.57. The Hall–Kier alpha value is -3.28. The Kier molecular flexibility index (Phi) is 8.12. The van der Waals surface area contributed by atoms with Crippen molar-refractivity contribution < 1.29 is 14.2 Å². The molecule has 0 fully saturated rings.